The van der Waals surface area contributed by atoms with Gasteiger partial charge < -0.3 is 4.74 Å². The van der Waals surface area contributed by atoms with Crippen molar-refractivity contribution >= 4 is 11.8 Å². The van der Waals surface area contributed by atoms with Gasteiger partial charge in [0.1, 0.15) is 12.2 Å². The van der Waals surface area contributed by atoms with Crippen LogP contribution < -0.4 is 0 Å². The van der Waals surface area contributed by atoms with Gasteiger partial charge in [0.2, 0.25) is 0 Å². The molecule has 134 valence electrons. The van der Waals surface area contributed by atoms with Crippen molar-refractivity contribution in [2.45, 2.75) is 103 Å². The van der Waals surface area contributed by atoms with Gasteiger partial charge in [-0.1, -0.05) is 77.6 Å². The molecule has 0 aromatic rings. The zero-order valence-electron chi connectivity index (χ0n) is 15.1. The molecular weight excluding hydrogens is 288 g/mol. The van der Waals surface area contributed by atoms with Crippen molar-refractivity contribution in [1.29, 1.82) is 0 Å². The molecule has 0 radical (unpaired) electrons. The summed E-state index contributed by atoms with van der Waals surface area (Å²) in [4.78, 5) is 23.4. The summed E-state index contributed by atoms with van der Waals surface area (Å²) in [5.74, 6) is 0.440. The molecule has 1 aliphatic rings. The van der Waals surface area contributed by atoms with Crippen molar-refractivity contribution in [3.05, 3.63) is 0 Å². The van der Waals surface area contributed by atoms with Crippen LogP contribution in [0.1, 0.15) is 103 Å². The predicted molar refractivity (Wildman–Crippen MR) is 94.4 cm³/mol. The first-order valence-corrected chi connectivity index (χ1v) is 9.89. The highest BCUT2D eigenvalue weighted by Gasteiger charge is 2.15. The maximum Gasteiger partial charge on any atom is 0.313 e. The number of ketones is 1. The Balaban J connectivity index is 1.93. The number of hydrogen-bond acceptors (Lipinski definition) is 3. The summed E-state index contributed by atoms with van der Waals surface area (Å²) in [5, 5.41) is 0. The van der Waals surface area contributed by atoms with E-state index >= 15 is 0 Å². The number of unbranched alkanes of at least 4 members (excludes halogenated alkanes) is 6. The summed E-state index contributed by atoms with van der Waals surface area (Å²) in [6.45, 7) is 2.71. The Morgan fingerprint density at radius 2 is 1.57 bits per heavy atom. The quantitative estimate of drug-likeness (QED) is 0.251. The molecule has 0 N–H and O–H groups in total. The van der Waals surface area contributed by atoms with Crippen molar-refractivity contribution in [2.75, 3.05) is 6.61 Å². The van der Waals surface area contributed by atoms with Gasteiger partial charge in [-0.15, -0.1) is 0 Å². The van der Waals surface area contributed by atoms with Crippen molar-refractivity contribution in [3.8, 4) is 0 Å². The largest absolute Gasteiger partial charge is 0.465 e. The molecule has 0 aromatic carbocycles. The smallest absolute Gasteiger partial charge is 0.313 e. The van der Waals surface area contributed by atoms with Crippen LogP contribution in [0, 0.1) is 5.92 Å². The molecule has 0 aliphatic heterocycles. The lowest BCUT2D eigenvalue weighted by molar-refractivity contribution is -0.146. The second-order valence-electron chi connectivity index (χ2n) is 7.10. The van der Waals surface area contributed by atoms with Crippen molar-refractivity contribution < 1.29 is 14.3 Å². The van der Waals surface area contributed by atoms with Crippen molar-refractivity contribution in [2.24, 2.45) is 5.92 Å². The highest BCUT2D eigenvalue weighted by atomic mass is 16.5. The van der Waals surface area contributed by atoms with Crippen LogP contribution in [0.5, 0.6) is 0 Å². The third-order valence-corrected chi connectivity index (χ3v) is 4.91. The Labute approximate surface area is 142 Å². The van der Waals surface area contributed by atoms with Gasteiger partial charge in [0, 0.05) is 6.42 Å². The van der Waals surface area contributed by atoms with Crippen molar-refractivity contribution in [1.82, 2.24) is 0 Å². The minimum atomic E-state index is -0.325. The van der Waals surface area contributed by atoms with E-state index in [4.69, 9.17) is 4.74 Å². The topological polar surface area (TPSA) is 43.4 Å². The molecule has 0 atom stereocenters. The average Bonchev–Trinajstić information content (AvgIpc) is 2.55. The predicted octanol–water partition coefficient (Wildman–Crippen LogP) is 5.60. The van der Waals surface area contributed by atoms with E-state index in [-0.39, 0.29) is 18.2 Å². The van der Waals surface area contributed by atoms with E-state index in [1.54, 1.807) is 0 Å². The molecular formula is C20H36O3. The van der Waals surface area contributed by atoms with Gasteiger partial charge >= 0.3 is 5.97 Å². The van der Waals surface area contributed by atoms with E-state index in [9.17, 15) is 9.59 Å². The molecule has 1 aliphatic carbocycles. The minimum absolute atomic E-state index is 0.0273. The zero-order valence-corrected chi connectivity index (χ0v) is 15.1. The SMILES string of the molecule is CCCCCCCCCC(=O)CC(=O)OCCC1CCCCC1. The van der Waals surface area contributed by atoms with E-state index in [2.05, 4.69) is 6.92 Å². The molecule has 0 heterocycles. The fourth-order valence-electron chi connectivity index (χ4n) is 3.39. The molecule has 3 nitrogen and oxygen atoms in total. The second kappa shape index (κ2) is 13.6. The monoisotopic (exact) mass is 324 g/mol. The van der Waals surface area contributed by atoms with Gasteiger partial charge in [0.05, 0.1) is 6.61 Å². The fraction of sp³-hybridized carbons (Fsp3) is 0.900. The first-order valence-electron chi connectivity index (χ1n) is 9.89. The number of hydrogen-bond donors (Lipinski definition) is 0. The van der Waals surface area contributed by atoms with Gasteiger partial charge in [-0.05, 0) is 18.8 Å². The van der Waals surface area contributed by atoms with Gasteiger partial charge in [-0.2, -0.15) is 0 Å². The van der Waals surface area contributed by atoms with Crippen LogP contribution >= 0.6 is 0 Å². The standard InChI is InChI=1S/C20H36O3/c1-2-3-4-5-6-7-11-14-19(21)17-20(22)23-16-15-18-12-9-8-10-13-18/h18H,2-17H2,1H3. The van der Waals surface area contributed by atoms with Gasteiger partial charge in [-0.3, -0.25) is 9.59 Å². The Bertz CT molecular complexity index is 319. The lowest BCUT2D eigenvalue weighted by atomic mass is 9.87. The normalized spacial score (nSPS) is 15.5. The van der Waals surface area contributed by atoms with Gasteiger partial charge in [0.25, 0.3) is 0 Å². The first-order chi connectivity index (χ1) is 11.2. The van der Waals surface area contributed by atoms with Gasteiger partial charge in [-0.25, -0.2) is 0 Å². The summed E-state index contributed by atoms with van der Waals surface area (Å²) in [6, 6.07) is 0. The number of Topliss-reactive ketones (excluding diaryl/α,β-unsaturated/α-hetero) is 1. The average molecular weight is 325 g/mol. The molecule has 0 aromatic heterocycles. The highest BCUT2D eigenvalue weighted by Crippen LogP contribution is 2.26. The molecule has 3 heteroatoms. The Hall–Kier alpha value is -0.860. The Morgan fingerprint density at radius 3 is 2.26 bits per heavy atom. The lowest BCUT2D eigenvalue weighted by Crippen LogP contribution is -2.15. The van der Waals surface area contributed by atoms with Crippen molar-refractivity contribution in [3.63, 3.8) is 0 Å². The third kappa shape index (κ3) is 11.3. The minimum Gasteiger partial charge on any atom is -0.465 e. The van der Waals surface area contributed by atoms with Crippen LogP contribution in [-0.4, -0.2) is 18.4 Å². The van der Waals surface area contributed by atoms with Gasteiger partial charge in [0.15, 0.2) is 0 Å². The molecule has 23 heavy (non-hydrogen) atoms. The second-order valence-corrected chi connectivity index (χ2v) is 7.10. The van der Waals surface area contributed by atoms with Crippen LogP contribution in [-0.2, 0) is 14.3 Å². The maximum absolute atomic E-state index is 11.8. The number of ether oxygens (including phenoxy) is 1. The van der Waals surface area contributed by atoms with E-state index in [1.807, 2.05) is 0 Å². The summed E-state index contributed by atoms with van der Waals surface area (Å²) in [5.41, 5.74) is 0. The van der Waals surface area contributed by atoms with Crippen LogP contribution in [0.3, 0.4) is 0 Å². The zero-order chi connectivity index (χ0) is 16.8. The molecule has 1 fully saturated rings. The molecule has 0 saturated heterocycles. The number of carbonyl (C=O) groups is 2. The van der Waals surface area contributed by atoms with Crippen LogP contribution in [0.4, 0.5) is 0 Å². The molecule has 0 amide bonds. The molecule has 0 spiro atoms. The number of rotatable bonds is 13. The van der Waals surface area contributed by atoms with Crippen LogP contribution in [0.25, 0.3) is 0 Å². The Kier molecular flexibility index (Phi) is 11.9. The molecule has 1 rings (SSSR count). The highest BCUT2D eigenvalue weighted by molar-refractivity contribution is 5.95. The lowest BCUT2D eigenvalue weighted by Gasteiger charge is -2.20. The first kappa shape index (κ1) is 20.2. The van der Waals surface area contributed by atoms with E-state index in [1.165, 1.54) is 64.2 Å². The van der Waals surface area contributed by atoms with E-state index in [0.29, 0.717) is 13.0 Å². The summed E-state index contributed by atoms with van der Waals surface area (Å²) < 4.78 is 5.23. The summed E-state index contributed by atoms with van der Waals surface area (Å²) >= 11 is 0. The van der Waals surface area contributed by atoms with E-state index < -0.39 is 0 Å². The third-order valence-electron chi connectivity index (χ3n) is 4.91. The number of esters is 1. The maximum atomic E-state index is 11.8. The summed E-state index contributed by atoms with van der Waals surface area (Å²) in [6.07, 6.45) is 16.4. The molecule has 0 bridgehead atoms. The Morgan fingerprint density at radius 1 is 0.913 bits per heavy atom. The van der Waals surface area contributed by atoms with Crippen LogP contribution in [0.2, 0.25) is 0 Å². The van der Waals surface area contributed by atoms with Crippen LogP contribution in [0.15, 0.2) is 0 Å². The molecule has 1 saturated carbocycles. The van der Waals surface area contributed by atoms with E-state index in [0.717, 1.165) is 25.2 Å². The molecule has 0 unspecified atom stereocenters. The summed E-state index contributed by atoms with van der Waals surface area (Å²) in [7, 11) is 0. The fourth-order valence-corrected chi connectivity index (χ4v) is 3.39. The number of carbonyl (C=O) groups excluding carboxylic acids is 2.